The SMILES string of the molecule is Cc1cccc(F)c1COC1CC2CCC(C1)N2.Cl. The van der Waals surface area contributed by atoms with E-state index in [4.69, 9.17) is 4.74 Å². The molecule has 4 heteroatoms. The number of rotatable bonds is 3. The molecular formula is C15H21ClFNO. The standard InChI is InChI=1S/C15H20FNO.ClH/c1-10-3-2-4-15(16)14(10)9-18-13-7-11-5-6-12(8-13)17-11;/h2-4,11-13,17H,5-9H2,1H3;1H. The number of aryl methyl sites for hydroxylation is 1. The van der Waals surface area contributed by atoms with Gasteiger partial charge in [0.25, 0.3) is 0 Å². The van der Waals surface area contributed by atoms with Crippen molar-refractivity contribution in [2.45, 2.75) is 57.4 Å². The number of piperidine rings is 1. The van der Waals surface area contributed by atoms with Gasteiger partial charge < -0.3 is 10.1 Å². The van der Waals surface area contributed by atoms with Crippen LogP contribution in [-0.4, -0.2) is 18.2 Å². The number of fused-ring (bicyclic) bond motifs is 2. The Labute approximate surface area is 120 Å². The Bertz CT molecular complexity index is 408. The van der Waals surface area contributed by atoms with E-state index in [0.29, 0.717) is 30.4 Å². The van der Waals surface area contributed by atoms with E-state index >= 15 is 0 Å². The second-order valence-corrected chi connectivity index (χ2v) is 5.58. The Morgan fingerprint density at radius 1 is 1.26 bits per heavy atom. The molecule has 0 aromatic heterocycles. The van der Waals surface area contributed by atoms with Gasteiger partial charge in [-0.1, -0.05) is 12.1 Å². The van der Waals surface area contributed by atoms with E-state index < -0.39 is 0 Å². The zero-order chi connectivity index (χ0) is 12.5. The number of benzene rings is 1. The summed E-state index contributed by atoms with van der Waals surface area (Å²) >= 11 is 0. The summed E-state index contributed by atoms with van der Waals surface area (Å²) in [4.78, 5) is 0. The van der Waals surface area contributed by atoms with Gasteiger partial charge in [0.15, 0.2) is 0 Å². The first-order chi connectivity index (χ1) is 8.72. The molecule has 1 aromatic rings. The Morgan fingerprint density at radius 3 is 2.58 bits per heavy atom. The Morgan fingerprint density at radius 2 is 1.95 bits per heavy atom. The molecule has 0 saturated carbocycles. The minimum atomic E-state index is -0.146. The Kier molecular flexibility index (Phi) is 4.82. The predicted octanol–water partition coefficient (Wildman–Crippen LogP) is 3.36. The maximum Gasteiger partial charge on any atom is 0.128 e. The number of ether oxygens (including phenoxy) is 1. The van der Waals surface area contributed by atoms with Gasteiger partial charge in [0.2, 0.25) is 0 Å². The van der Waals surface area contributed by atoms with Crippen LogP contribution < -0.4 is 5.32 Å². The third-order valence-corrected chi connectivity index (χ3v) is 4.25. The van der Waals surface area contributed by atoms with Crippen LogP contribution in [0.1, 0.15) is 36.8 Å². The van der Waals surface area contributed by atoms with Crippen LogP contribution in [0, 0.1) is 12.7 Å². The van der Waals surface area contributed by atoms with E-state index in [1.54, 1.807) is 6.07 Å². The van der Waals surface area contributed by atoms with Gasteiger partial charge in [-0.15, -0.1) is 12.4 Å². The molecule has 0 aliphatic carbocycles. The average Bonchev–Trinajstić information content (AvgIpc) is 2.68. The van der Waals surface area contributed by atoms with Crippen molar-refractivity contribution in [1.82, 2.24) is 5.32 Å². The minimum Gasteiger partial charge on any atom is -0.373 e. The second-order valence-electron chi connectivity index (χ2n) is 5.58. The molecule has 2 bridgehead atoms. The maximum absolute atomic E-state index is 13.7. The summed E-state index contributed by atoms with van der Waals surface area (Å²) in [6.45, 7) is 2.34. The van der Waals surface area contributed by atoms with Crippen LogP contribution in [0.15, 0.2) is 18.2 Å². The molecule has 2 atom stereocenters. The number of hydrogen-bond donors (Lipinski definition) is 1. The zero-order valence-electron chi connectivity index (χ0n) is 11.2. The van der Waals surface area contributed by atoms with E-state index in [9.17, 15) is 4.39 Å². The molecule has 2 aliphatic rings. The minimum absolute atomic E-state index is 0. The van der Waals surface area contributed by atoms with Gasteiger partial charge in [0.05, 0.1) is 12.7 Å². The Balaban J connectivity index is 0.00000133. The van der Waals surface area contributed by atoms with Crippen LogP contribution in [0.25, 0.3) is 0 Å². The molecule has 2 aliphatic heterocycles. The van der Waals surface area contributed by atoms with E-state index in [1.807, 2.05) is 13.0 Å². The third kappa shape index (κ3) is 3.28. The van der Waals surface area contributed by atoms with Crippen molar-refractivity contribution in [1.29, 1.82) is 0 Å². The monoisotopic (exact) mass is 285 g/mol. The van der Waals surface area contributed by atoms with Gasteiger partial charge in [-0.2, -0.15) is 0 Å². The average molecular weight is 286 g/mol. The van der Waals surface area contributed by atoms with Crippen LogP contribution in [0.2, 0.25) is 0 Å². The summed E-state index contributed by atoms with van der Waals surface area (Å²) in [6, 6.07) is 6.44. The smallest absolute Gasteiger partial charge is 0.128 e. The molecule has 19 heavy (non-hydrogen) atoms. The van der Waals surface area contributed by atoms with Gasteiger partial charge in [0.1, 0.15) is 5.82 Å². The zero-order valence-corrected chi connectivity index (χ0v) is 12.0. The molecule has 2 nitrogen and oxygen atoms in total. The molecule has 106 valence electrons. The molecule has 2 saturated heterocycles. The largest absolute Gasteiger partial charge is 0.373 e. The van der Waals surface area contributed by atoms with Crippen molar-refractivity contribution < 1.29 is 9.13 Å². The third-order valence-electron chi connectivity index (χ3n) is 4.25. The van der Waals surface area contributed by atoms with Gasteiger partial charge in [-0.3, -0.25) is 0 Å². The van der Waals surface area contributed by atoms with E-state index in [0.717, 1.165) is 18.4 Å². The van der Waals surface area contributed by atoms with Crippen LogP contribution in [0.5, 0.6) is 0 Å². The molecule has 2 heterocycles. The first-order valence-electron chi connectivity index (χ1n) is 6.84. The fraction of sp³-hybridized carbons (Fsp3) is 0.600. The molecule has 0 radical (unpaired) electrons. The van der Waals surface area contributed by atoms with E-state index in [-0.39, 0.29) is 18.2 Å². The lowest BCUT2D eigenvalue weighted by molar-refractivity contribution is 0.00778. The molecule has 1 aromatic carbocycles. The highest BCUT2D eigenvalue weighted by Crippen LogP contribution is 2.29. The number of hydrogen-bond acceptors (Lipinski definition) is 2. The summed E-state index contributed by atoms with van der Waals surface area (Å²) in [5, 5.41) is 3.59. The van der Waals surface area contributed by atoms with Gasteiger partial charge in [0, 0.05) is 17.6 Å². The van der Waals surface area contributed by atoms with Crippen LogP contribution in [0.3, 0.4) is 0 Å². The van der Waals surface area contributed by atoms with Crippen LogP contribution in [-0.2, 0) is 11.3 Å². The molecule has 1 N–H and O–H groups in total. The van der Waals surface area contributed by atoms with Crippen molar-refractivity contribution in [3.8, 4) is 0 Å². The summed E-state index contributed by atoms with van der Waals surface area (Å²) in [7, 11) is 0. The highest BCUT2D eigenvalue weighted by atomic mass is 35.5. The summed E-state index contributed by atoms with van der Waals surface area (Å²) < 4.78 is 19.6. The lowest BCUT2D eigenvalue weighted by Gasteiger charge is -2.29. The lowest BCUT2D eigenvalue weighted by Crippen LogP contribution is -2.41. The van der Waals surface area contributed by atoms with Crippen molar-refractivity contribution >= 4 is 12.4 Å². The van der Waals surface area contributed by atoms with E-state index in [1.165, 1.54) is 18.9 Å². The highest BCUT2D eigenvalue weighted by molar-refractivity contribution is 5.85. The van der Waals surface area contributed by atoms with Crippen LogP contribution >= 0.6 is 12.4 Å². The van der Waals surface area contributed by atoms with Crippen LogP contribution in [0.4, 0.5) is 4.39 Å². The topological polar surface area (TPSA) is 21.3 Å². The van der Waals surface area contributed by atoms with Crippen molar-refractivity contribution in [3.05, 3.63) is 35.1 Å². The number of nitrogens with one attached hydrogen (secondary N) is 1. The van der Waals surface area contributed by atoms with Crippen molar-refractivity contribution in [2.75, 3.05) is 0 Å². The maximum atomic E-state index is 13.7. The summed E-state index contributed by atoms with van der Waals surface area (Å²) in [6.07, 6.45) is 4.98. The molecule has 0 spiro atoms. The predicted molar refractivity (Wildman–Crippen MR) is 76.1 cm³/mol. The molecule has 2 fully saturated rings. The van der Waals surface area contributed by atoms with Crippen molar-refractivity contribution in [2.24, 2.45) is 0 Å². The normalized spacial score (nSPS) is 29.1. The summed E-state index contributed by atoms with van der Waals surface area (Å²) in [5.41, 5.74) is 1.69. The quantitative estimate of drug-likeness (QED) is 0.919. The fourth-order valence-electron chi connectivity index (χ4n) is 3.19. The molecule has 0 amide bonds. The second kappa shape index (κ2) is 6.21. The fourth-order valence-corrected chi connectivity index (χ4v) is 3.19. The highest BCUT2D eigenvalue weighted by Gasteiger charge is 2.33. The van der Waals surface area contributed by atoms with Gasteiger partial charge in [-0.05, 0) is 44.2 Å². The first kappa shape index (κ1) is 14.8. The Hall–Kier alpha value is -0.640. The first-order valence-corrected chi connectivity index (χ1v) is 6.84. The molecule has 2 unspecified atom stereocenters. The van der Waals surface area contributed by atoms with Gasteiger partial charge >= 0.3 is 0 Å². The molecular weight excluding hydrogens is 265 g/mol. The summed E-state index contributed by atoms with van der Waals surface area (Å²) in [5.74, 6) is -0.146. The van der Waals surface area contributed by atoms with Crippen molar-refractivity contribution in [3.63, 3.8) is 0 Å². The van der Waals surface area contributed by atoms with Gasteiger partial charge in [-0.25, -0.2) is 4.39 Å². The number of halogens is 2. The van der Waals surface area contributed by atoms with E-state index in [2.05, 4.69) is 5.32 Å². The lowest BCUT2D eigenvalue weighted by atomic mass is 10.0. The molecule has 3 rings (SSSR count).